The number of rotatable bonds is 13. The van der Waals surface area contributed by atoms with Crippen LogP contribution in [0.1, 0.15) is 32.6 Å². The summed E-state index contributed by atoms with van der Waals surface area (Å²) >= 11 is 0. The molecule has 0 spiro atoms. The van der Waals surface area contributed by atoms with Crippen LogP contribution in [-0.2, 0) is 38.7 Å². The molecule has 0 aromatic heterocycles. The van der Waals surface area contributed by atoms with E-state index in [2.05, 4.69) is 0 Å². The second-order valence-corrected chi connectivity index (χ2v) is 11.2. The van der Waals surface area contributed by atoms with Gasteiger partial charge in [-0.1, -0.05) is 6.42 Å². The van der Waals surface area contributed by atoms with Gasteiger partial charge < -0.3 is 36.1 Å². The molecule has 2 aliphatic heterocycles. The van der Waals surface area contributed by atoms with Crippen molar-refractivity contribution in [2.45, 2.75) is 56.1 Å². The topological polar surface area (TPSA) is 240 Å². The Morgan fingerprint density at radius 2 is 1.83 bits per heavy atom. The number of aliphatic carboxylic acids is 3. The highest BCUT2D eigenvalue weighted by Crippen LogP contribution is 2.35. The predicted molar refractivity (Wildman–Crippen MR) is 119 cm³/mol. The highest BCUT2D eigenvalue weighted by molar-refractivity contribution is 7.86. The van der Waals surface area contributed by atoms with Gasteiger partial charge in [0.15, 0.2) is 5.60 Å². The Balaban J connectivity index is 2.07. The molecule has 35 heavy (non-hydrogen) atoms. The molecule has 2 rings (SSSR count). The number of carboxylic acids is 3. The van der Waals surface area contributed by atoms with E-state index >= 15 is 0 Å². The molecule has 3 atom stereocenters. The average molecular weight is 522 g/mol. The number of nitrogens with zero attached hydrogens (tertiary/aromatic N) is 2. The maximum atomic E-state index is 12.9. The molecule has 0 amide bonds. The minimum atomic E-state index is -4.02. The number of carboxylic acid groups (broad SMARTS) is 3. The van der Waals surface area contributed by atoms with Gasteiger partial charge in [0.1, 0.15) is 5.54 Å². The van der Waals surface area contributed by atoms with Crippen LogP contribution in [0.3, 0.4) is 0 Å². The Morgan fingerprint density at radius 3 is 2.31 bits per heavy atom. The van der Waals surface area contributed by atoms with Crippen LogP contribution in [0.2, 0.25) is 6.32 Å². The summed E-state index contributed by atoms with van der Waals surface area (Å²) in [5, 5.41) is 27.8. The largest absolute Gasteiger partial charge is 0.528 e. The molecular formula is C18H31BN4O11S. The fourth-order valence-electron chi connectivity index (χ4n) is 4.34. The summed E-state index contributed by atoms with van der Waals surface area (Å²) in [4.78, 5) is 46.4. The second kappa shape index (κ2) is 10.8. The monoisotopic (exact) mass is 522 g/mol. The molecule has 0 saturated carbocycles. The van der Waals surface area contributed by atoms with Crippen LogP contribution in [-0.4, -0.2) is 107 Å². The van der Waals surface area contributed by atoms with Gasteiger partial charge >= 0.3 is 31.0 Å². The van der Waals surface area contributed by atoms with Crippen molar-refractivity contribution in [3.05, 3.63) is 0 Å². The Hall–Kier alpha value is -2.31. The zero-order valence-electron chi connectivity index (χ0n) is 19.5. The molecular weight excluding hydrogens is 491 g/mol. The summed E-state index contributed by atoms with van der Waals surface area (Å²) in [6.45, 7) is 1.03. The van der Waals surface area contributed by atoms with Crippen LogP contribution in [0.15, 0.2) is 0 Å². The minimum absolute atomic E-state index is 0.00370. The summed E-state index contributed by atoms with van der Waals surface area (Å²) in [6, 6.07) is -0.446. The van der Waals surface area contributed by atoms with Gasteiger partial charge in [0, 0.05) is 38.6 Å². The molecule has 0 aliphatic carbocycles. The Morgan fingerprint density at radius 1 is 1.26 bits per heavy atom. The zero-order valence-corrected chi connectivity index (χ0v) is 20.3. The lowest BCUT2D eigenvalue weighted by Crippen LogP contribution is -2.55. The Kier molecular flexibility index (Phi) is 8.89. The van der Waals surface area contributed by atoms with Crippen molar-refractivity contribution in [3.8, 4) is 0 Å². The van der Waals surface area contributed by atoms with E-state index in [1.807, 2.05) is 0 Å². The first kappa shape index (κ1) is 28.9. The number of likely N-dealkylation sites (N-methyl/N-ethyl adjacent to an activating group) is 1. The van der Waals surface area contributed by atoms with E-state index in [-0.39, 0.29) is 32.3 Å². The van der Waals surface area contributed by atoms with Crippen molar-refractivity contribution in [3.63, 3.8) is 0 Å². The molecule has 7 N–H and O–H groups in total. The van der Waals surface area contributed by atoms with Gasteiger partial charge in [0.05, 0.1) is 12.8 Å². The lowest BCUT2D eigenvalue weighted by atomic mass is 9.78. The molecule has 2 aliphatic rings. The lowest BCUT2D eigenvalue weighted by molar-refractivity contribution is -0.157. The van der Waals surface area contributed by atoms with Gasteiger partial charge in [-0.15, -0.1) is 0 Å². The number of hydrogen-bond donors (Lipinski definition) is 5. The SMILES string of the molecule is CC(N)CN(C)S(=O)(=O)N1C[C@H](CCCB2OC(=O)C(CC(=O)O)(CC(=O)O)O2)[C@](N)(C(=O)O)C1. The fraction of sp³-hybridized carbons (Fsp3) is 0.778. The number of hydrogen-bond acceptors (Lipinski definition) is 10. The third-order valence-electron chi connectivity index (χ3n) is 6.09. The van der Waals surface area contributed by atoms with Crippen LogP contribution < -0.4 is 11.5 Å². The summed E-state index contributed by atoms with van der Waals surface area (Å²) in [5.74, 6) is -6.17. The lowest BCUT2D eigenvalue weighted by Gasteiger charge is -2.26. The van der Waals surface area contributed by atoms with Crippen molar-refractivity contribution in [2.24, 2.45) is 17.4 Å². The summed E-state index contributed by atoms with van der Waals surface area (Å²) in [6.07, 6.45) is -1.51. The van der Waals surface area contributed by atoms with Gasteiger partial charge in [0.2, 0.25) is 0 Å². The standard InChI is InChI=1S/C18H31BN4O11S/c1-11(20)8-22(2)35(31,32)23-9-12(18(21,10-23)15(28)29)4-3-5-19-33-16(30)17(34-19,6-13(24)25)7-14(26)27/h11-12H,3-10,20-21H2,1-2H3,(H,24,25)(H,26,27)(H,28,29)/t11?,12-,18-/m0/s1. The van der Waals surface area contributed by atoms with E-state index in [1.54, 1.807) is 6.92 Å². The molecule has 17 heteroatoms. The van der Waals surface area contributed by atoms with Gasteiger partial charge in [-0.3, -0.25) is 19.2 Å². The van der Waals surface area contributed by atoms with E-state index in [9.17, 15) is 32.7 Å². The van der Waals surface area contributed by atoms with Gasteiger partial charge in [-0.25, -0.2) is 0 Å². The third kappa shape index (κ3) is 6.48. The van der Waals surface area contributed by atoms with Crippen LogP contribution in [0.25, 0.3) is 0 Å². The number of nitrogens with two attached hydrogens (primary N) is 2. The van der Waals surface area contributed by atoms with Crippen molar-refractivity contribution in [1.82, 2.24) is 8.61 Å². The van der Waals surface area contributed by atoms with E-state index in [0.717, 1.165) is 8.61 Å². The normalized spacial score (nSPS) is 25.6. The highest BCUT2D eigenvalue weighted by Gasteiger charge is 2.56. The molecule has 2 fully saturated rings. The molecule has 2 saturated heterocycles. The van der Waals surface area contributed by atoms with Crippen molar-refractivity contribution in [1.29, 1.82) is 0 Å². The van der Waals surface area contributed by atoms with Crippen molar-refractivity contribution < 1.29 is 52.2 Å². The Bertz CT molecular complexity index is 946. The maximum absolute atomic E-state index is 12.9. The molecule has 0 aromatic carbocycles. The van der Waals surface area contributed by atoms with Crippen LogP contribution in [0.5, 0.6) is 0 Å². The molecule has 0 aromatic rings. The predicted octanol–water partition coefficient (Wildman–Crippen LogP) is -2.25. The molecule has 198 valence electrons. The van der Waals surface area contributed by atoms with E-state index in [1.165, 1.54) is 7.05 Å². The molecule has 0 radical (unpaired) electrons. The van der Waals surface area contributed by atoms with Crippen molar-refractivity contribution in [2.75, 3.05) is 26.7 Å². The quantitative estimate of drug-likeness (QED) is 0.161. The molecule has 2 heterocycles. The summed E-state index contributed by atoms with van der Waals surface area (Å²) in [7, 11) is -3.93. The van der Waals surface area contributed by atoms with Gasteiger partial charge in [0.25, 0.3) is 10.2 Å². The van der Waals surface area contributed by atoms with Crippen LogP contribution >= 0.6 is 0 Å². The highest BCUT2D eigenvalue weighted by atomic mass is 32.2. The summed E-state index contributed by atoms with van der Waals surface area (Å²) in [5.41, 5.74) is 7.74. The first-order valence-corrected chi connectivity index (χ1v) is 12.2. The van der Waals surface area contributed by atoms with E-state index < -0.39 is 83.7 Å². The van der Waals surface area contributed by atoms with Crippen molar-refractivity contribution >= 4 is 41.2 Å². The van der Waals surface area contributed by atoms with Gasteiger partial charge in [-0.05, 0) is 19.7 Å². The zero-order chi connectivity index (χ0) is 26.8. The maximum Gasteiger partial charge on any atom is 0.528 e. The van der Waals surface area contributed by atoms with Crippen LogP contribution in [0.4, 0.5) is 0 Å². The Labute approximate surface area is 202 Å². The molecule has 1 unspecified atom stereocenters. The molecule has 0 bridgehead atoms. The molecule has 15 nitrogen and oxygen atoms in total. The fourth-order valence-corrected chi connectivity index (χ4v) is 5.90. The second-order valence-electron chi connectivity index (χ2n) is 9.12. The van der Waals surface area contributed by atoms with E-state index in [4.69, 9.17) is 31.0 Å². The average Bonchev–Trinajstić information content (AvgIpc) is 3.18. The number of carbonyl (C=O) groups is 4. The number of carbonyl (C=O) groups excluding carboxylic acids is 1. The minimum Gasteiger partial charge on any atom is -0.507 e. The first-order chi connectivity index (χ1) is 16.0. The smallest absolute Gasteiger partial charge is 0.507 e. The van der Waals surface area contributed by atoms with Crippen LogP contribution in [0, 0.1) is 5.92 Å². The van der Waals surface area contributed by atoms with E-state index in [0.29, 0.717) is 0 Å². The third-order valence-corrected chi connectivity index (χ3v) is 7.95. The first-order valence-electron chi connectivity index (χ1n) is 10.9. The van der Waals surface area contributed by atoms with Gasteiger partial charge in [-0.2, -0.15) is 17.0 Å². The summed E-state index contributed by atoms with van der Waals surface area (Å²) < 4.78 is 38.2.